The number of hydrogen-bond acceptors (Lipinski definition) is 5. The summed E-state index contributed by atoms with van der Waals surface area (Å²) in [6, 6.07) is 1.60. The van der Waals surface area contributed by atoms with E-state index in [1.54, 1.807) is 13.0 Å². The molecule has 0 fully saturated rings. The van der Waals surface area contributed by atoms with Gasteiger partial charge in [-0.05, 0) is 13.8 Å². The van der Waals surface area contributed by atoms with Crippen LogP contribution in [0.1, 0.15) is 12.6 Å². The molecule has 0 aromatic carbocycles. The van der Waals surface area contributed by atoms with Crippen LogP contribution >= 0.6 is 0 Å². The van der Waals surface area contributed by atoms with E-state index in [2.05, 4.69) is 15.3 Å². The van der Waals surface area contributed by atoms with Gasteiger partial charge in [-0.25, -0.2) is 5.90 Å². The Morgan fingerprint density at radius 2 is 2.54 bits per heavy atom. The minimum Gasteiger partial charge on any atom is -0.338 e. The van der Waals surface area contributed by atoms with Crippen molar-refractivity contribution in [1.82, 2.24) is 5.16 Å². The molecule has 0 saturated carbocycles. The van der Waals surface area contributed by atoms with E-state index in [0.717, 1.165) is 0 Å². The molecule has 0 bridgehead atoms. The van der Waals surface area contributed by atoms with Gasteiger partial charge >= 0.3 is 0 Å². The van der Waals surface area contributed by atoms with Crippen LogP contribution in [0.4, 0.5) is 5.88 Å². The number of nitrogens with one attached hydrogen (secondary N) is 1. The summed E-state index contributed by atoms with van der Waals surface area (Å²) in [6.45, 7) is 3.28. The van der Waals surface area contributed by atoms with Crippen molar-refractivity contribution in [2.24, 2.45) is 5.90 Å². The van der Waals surface area contributed by atoms with E-state index < -0.39 is 6.10 Å². The van der Waals surface area contributed by atoms with Crippen LogP contribution in [-0.2, 0) is 9.63 Å². The summed E-state index contributed by atoms with van der Waals surface area (Å²) < 4.78 is 4.75. The van der Waals surface area contributed by atoms with Crippen LogP contribution in [0, 0.1) is 6.92 Å². The Bertz CT molecular complexity index is 297. The third kappa shape index (κ3) is 2.53. The molecule has 72 valence electrons. The first kappa shape index (κ1) is 9.69. The average molecular weight is 185 g/mol. The van der Waals surface area contributed by atoms with Gasteiger partial charge in [0, 0.05) is 6.07 Å². The molecule has 13 heavy (non-hydrogen) atoms. The Labute approximate surface area is 75.0 Å². The van der Waals surface area contributed by atoms with Crippen molar-refractivity contribution in [3.63, 3.8) is 0 Å². The summed E-state index contributed by atoms with van der Waals surface area (Å²) in [6.07, 6.45) is -0.717. The second kappa shape index (κ2) is 4.01. The van der Waals surface area contributed by atoms with Crippen LogP contribution in [0.15, 0.2) is 10.6 Å². The number of anilines is 1. The van der Waals surface area contributed by atoms with Crippen molar-refractivity contribution >= 4 is 11.8 Å². The Kier molecular flexibility index (Phi) is 2.99. The van der Waals surface area contributed by atoms with E-state index in [9.17, 15) is 4.79 Å². The number of nitrogens with two attached hydrogens (primary N) is 1. The quantitative estimate of drug-likeness (QED) is 0.656. The number of rotatable bonds is 3. The zero-order valence-corrected chi connectivity index (χ0v) is 7.40. The van der Waals surface area contributed by atoms with Crippen LogP contribution < -0.4 is 11.2 Å². The fraction of sp³-hybridized carbons (Fsp3) is 0.429. The van der Waals surface area contributed by atoms with Gasteiger partial charge in [-0.2, -0.15) is 0 Å². The van der Waals surface area contributed by atoms with Crippen molar-refractivity contribution in [2.45, 2.75) is 20.0 Å². The number of aromatic nitrogens is 1. The Morgan fingerprint density at radius 1 is 1.85 bits per heavy atom. The lowest BCUT2D eigenvalue weighted by atomic mass is 10.4. The highest BCUT2D eigenvalue weighted by Gasteiger charge is 2.14. The summed E-state index contributed by atoms with van der Waals surface area (Å²) in [5, 5.41) is 6.03. The van der Waals surface area contributed by atoms with Crippen LogP contribution in [0.2, 0.25) is 0 Å². The monoisotopic (exact) mass is 185 g/mol. The van der Waals surface area contributed by atoms with Crippen LogP contribution in [0.25, 0.3) is 0 Å². The molecular weight excluding hydrogens is 174 g/mol. The molecule has 1 aromatic heterocycles. The molecule has 1 unspecified atom stereocenters. The zero-order valence-electron chi connectivity index (χ0n) is 7.40. The van der Waals surface area contributed by atoms with E-state index in [1.807, 2.05) is 0 Å². The minimum atomic E-state index is -0.717. The van der Waals surface area contributed by atoms with Crippen molar-refractivity contribution in [3.05, 3.63) is 11.8 Å². The fourth-order valence-electron chi connectivity index (χ4n) is 0.707. The van der Waals surface area contributed by atoms with E-state index in [4.69, 9.17) is 10.4 Å². The SMILES string of the molecule is Cc1cc(NC(=O)C(C)ON)on1. The smallest absolute Gasteiger partial charge is 0.257 e. The predicted molar refractivity (Wildman–Crippen MR) is 44.6 cm³/mol. The van der Waals surface area contributed by atoms with Crippen molar-refractivity contribution in [3.8, 4) is 0 Å². The molecule has 6 heteroatoms. The second-order valence-corrected chi connectivity index (χ2v) is 2.60. The van der Waals surface area contributed by atoms with Gasteiger partial charge in [-0.15, -0.1) is 0 Å². The van der Waals surface area contributed by atoms with Crippen LogP contribution in [0.5, 0.6) is 0 Å². The van der Waals surface area contributed by atoms with Crippen molar-refractivity contribution in [1.29, 1.82) is 0 Å². The van der Waals surface area contributed by atoms with E-state index in [-0.39, 0.29) is 11.8 Å². The van der Waals surface area contributed by atoms with Gasteiger partial charge < -0.3 is 4.52 Å². The average Bonchev–Trinajstić information content (AvgIpc) is 2.49. The Hall–Kier alpha value is -1.40. The molecule has 0 radical (unpaired) electrons. The van der Waals surface area contributed by atoms with Gasteiger partial charge in [0.1, 0.15) is 0 Å². The van der Waals surface area contributed by atoms with Crippen LogP contribution in [0.3, 0.4) is 0 Å². The predicted octanol–water partition coefficient (Wildman–Crippen LogP) is 0.200. The van der Waals surface area contributed by atoms with Crippen LogP contribution in [-0.4, -0.2) is 17.2 Å². The molecular formula is C7H11N3O3. The van der Waals surface area contributed by atoms with Gasteiger partial charge in [0.25, 0.3) is 5.91 Å². The molecule has 0 saturated heterocycles. The fourth-order valence-corrected chi connectivity index (χ4v) is 0.707. The molecule has 6 nitrogen and oxygen atoms in total. The maximum atomic E-state index is 11.1. The molecule has 0 aliphatic heterocycles. The first-order chi connectivity index (χ1) is 6.13. The topological polar surface area (TPSA) is 90.4 Å². The molecule has 0 aliphatic carbocycles. The van der Waals surface area contributed by atoms with Gasteiger partial charge in [-0.1, -0.05) is 5.16 Å². The minimum absolute atomic E-state index is 0.284. The van der Waals surface area contributed by atoms with Gasteiger partial charge in [-0.3, -0.25) is 14.9 Å². The maximum Gasteiger partial charge on any atom is 0.257 e. The zero-order chi connectivity index (χ0) is 9.84. The maximum absolute atomic E-state index is 11.1. The molecule has 3 N–H and O–H groups in total. The van der Waals surface area contributed by atoms with E-state index >= 15 is 0 Å². The number of aryl methyl sites for hydroxylation is 1. The molecule has 0 aliphatic rings. The normalized spacial score (nSPS) is 12.5. The first-order valence-corrected chi connectivity index (χ1v) is 3.73. The van der Waals surface area contributed by atoms with Crippen molar-refractivity contribution < 1.29 is 14.2 Å². The molecule has 0 spiro atoms. The lowest BCUT2D eigenvalue weighted by Crippen LogP contribution is -2.29. The largest absolute Gasteiger partial charge is 0.338 e. The van der Waals surface area contributed by atoms with Gasteiger partial charge in [0.15, 0.2) is 6.10 Å². The molecule has 1 rings (SSSR count). The number of hydrogen-bond donors (Lipinski definition) is 2. The number of amides is 1. The lowest BCUT2D eigenvalue weighted by Gasteiger charge is -2.06. The highest BCUT2D eigenvalue weighted by molar-refractivity contribution is 5.92. The summed E-state index contributed by atoms with van der Waals surface area (Å²) in [7, 11) is 0. The first-order valence-electron chi connectivity index (χ1n) is 3.73. The summed E-state index contributed by atoms with van der Waals surface area (Å²) >= 11 is 0. The molecule has 1 aromatic rings. The second-order valence-electron chi connectivity index (χ2n) is 2.60. The van der Waals surface area contributed by atoms with E-state index in [1.165, 1.54) is 6.92 Å². The lowest BCUT2D eigenvalue weighted by molar-refractivity contribution is -0.126. The highest BCUT2D eigenvalue weighted by atomic mass is 16.6. The Morgan fingerprint density at radius 3 is 3.00 bits per heavy atom. The molecule has 1 amide bonds. The summed E-state index contributed by atoms with van der Waals surface area (Å²) in [5.41, 5.74) is 0.691. The van der Waals surface area contributed by atoms with Crippen molar-refractivity contribution in [2.75, 3.05) is 5.32 Å². The summed E-state index contributed by atoms with van der Waals surface area (Å²) in [5.74, 6) is 4.73. The highest BCUT2D eigenvalue weighted by Crippen LogP contribution is 2.08. The third-order valence-electron chi connectivity index (χ3n) is 1.45. The molecule has 1 atom stereocenters. The Balaban J connectivity index is 2.54. The van der Waals surface area contributed by atoms with E-state index in [0.29, 0.717) is 5.69 Å². The standard InChI is InChI=1S/C7H11N3O3/c1-4-3-6(13-10-4)9-7(11)5(2)12-8/h3,5H,8H2,1-2H3,(H,9,11). The third-order valence-corrected chi connectivity index (χ3v) is 1.45. The number of nitrogens with zero attached hydrogens (tertiary/aromatic N) is 1. The van der Waals surface area contributed by atoms with Gasteiger partial charge in [0.2, 0.25) is 5.88 Å². The molecule has 1 heterocycles. The van der Waals surface area contributed by atoms with Gasteiger partial charge in [0.05, 0.1) is 5.69 Å². The number of carbonyl (C=O) groups is 1. The number of carbonyl (C=O) groups excluding carboxylic acids is 1. The summed E-state index contributed by atoms with van der Waals surface area (Å²) in [4.78, 5) is 15.5.